The summed E-state index contributed by atoms with van der Waals surface area (Å²) in [6.45, 7) is 6.51. The highest BCUT2D eigenvalue weighted by Gasteiger charge is 2.04. The minimum atomic E-state index is 0.281. The van der Waals surface area contributed by atoms with Crippen LogP contribution in [0.3, 0.4) is 0 Å². The zero-order chi connectivity index (χ0) is 12.8. The third-order valence-corrected chi connectivity index (χ3v) is 2.71. The highest BCUT2D eigenvalue weighted by molar-refractivity contribution is 6.30. The minimum Gasteiger partial charge on any atom is -0.398 e. The third kappa shape index (κ3) is 5.39. The minimum absolute atomic E-state index is 0.281. The summed E-state index contributed by atoms with van der Waals surface area (Å²) in [4.78, 5) is 2.18. The molecule has 0 fully saturated rings. The Morgan fingerprint density at radius 2 is 2.12 bits per heavy atom. The number of nitrogens with zero attached hydrogens (tertiary/aromatic N) is 1. The van der Waals surface area contributed by atoms with E-state index in [1.807, 2.05) is 26.0 Å². The molecule has 3 nitrogen and oxygen atoms in total. The first-order chi connectivity index (χ1) is 7.99. The lowest BCUT2D eigenvalue weighted by atomic mass is 10.2. The molecule has 0 spiro atoms. The third-order valence-electron chi connectivity index (χ3n) is 2.47. The normalized spacial score (nSPS) is 11.4. The molecule has 0 saturated carbocycles. The first-order valence-electron chi connectivity index (χ1n) is 5.83. The van der Waals surface area contributed by atoms with Crippen molar-refractivity contribution in [3.05, 3.63) is 28.8 Å². The Labute approximate surface area is 109 Å². The lowest BCUT2D eigenvalue weighted by Gasteiger charge is -2.18. The van der Waals surface area contributed by atoms with Gasteiger partial charge in [0.1, 0.15) is 0 Å². The van der Waals surface area contributed by atoms with Crippen molar-refractivity contribution < 1.29 is 4.74 Å². The van der Waals surface area contributed by atoms with Gasteiger partial charge in [0.15, 0.2) is 0 Å². The van der Waals surface area contributed by atoms with E-state index < -0.39 is 0 Å². The van der Waals surface area contributed by atoms with Crippen LogP contribution in [0.5, 0.6) is 0 Å². The number of rotatable bonds is 6. The monoisotopic (exact) mass is 256 g/mol. The number of likely N-dealkylation sites (N-methyl/N-ethyl adjacent to an activating group) is 1. The van der Waals surface area contributed by atoms with Crippen LogP contribution in [0.2, 0.25) is 5.02 Å². The summed E-state index contributed by atoms with van der Waals surface area (Å²) in [5.41, 5.74) is 7.75. The van der Waals surface area contributed by atoms with Gasteiger partial charge in [-0.3, -0.25) is 4.90 Å². The molecule has 0 unspecified atom stereocenters. The molecule has 96 valence electrons. The van der Waals surface area contributed by atoms with Gasteiger partial charge in [0.05, 0.1) is 12.7 Å². The Morgan fingerprint density at radius 3 is 2.71 bits per heavy atom. The predicted molar refractivity (Wildman–Crippen MR) is 73.3 cm³/mol. The molecule has 0 aliphatic heterocycles. The number of ether oxygens (including phenoxy) is 1. The number of hydrogen-bond acceptors (Lipinski definition) is 3. The zero-order valence-corrected chi connectivity index (χ0v) is 11.5. The number of benzene rings is 1. The van der Waals surface area contributed by atoms with Crippen molar-refractivity contribution in [2.24, 2.45) is 0 Å². The van der Waals surface area contributed by atoms with Gasteiger partial charge >= 0.3 is 0 Å². The quantitative estimate of drug-likeness (QED) is 0.796. The van der Waals surface area contributed by atoms with Gasteiger partial charge in [-0.2, -0.15) is 0 Å². The summed E-state index contributed by atoms with van der Waals surface area (Å²) in [7, 11) is 2.05. The molecule has 0 atom stereocenters. The van der Waals surface area contributed by atoms with Gasteiger partial charge in [0.2, 0.25) is 0 Å². The molecule has 17 heavy (non-hydrogen) atoms. The highest BCUT2D eigenvalue weighted by Crippen LogP contribution is 2.19. The van der Waals surface area contributed by atoms with Gasteiger partial charge in [-0.15, -0.1) is 0 Å². The van der Waals surface area contributed by atoms with E-state index in [2.05, 4.69) is 11.9 Å². The summed E-state index contributed by atoms with van der Waals surface area (Å²) in [5, 5.41) is 0.678. The molecule has 2 N–H and O–H groups in total. The standard InChI is InChI=1S/C13H21ClN2O/c1-10(2)17-7-6-16(3)9-11-4-5-12(14)8-13(11)15/h4-5,8,10H,6-7,9,15H2,1-3H3. The van der Waals surface area contributed by atoms with Gasteiger partial charge < -0.3 is 10.5 Å². The fourth-order valence-electron chi connectivity index (χ4n) is 1.52. The van der Waals surface area contributed by atoms with Crippen LogP contribution in [0.1, 0.15) is 19.4 Å². The Hall–Kier alpha value is -0.770. The molecule has 0 bridgehead atoms. The first kappa shape index (κ1) is 14.3. The maximum Gasteiger partial charge on any atom is 0.0596 e. The highest BCUT2D eigenvalue weighted by atomic mass is 35.5. The van der Waals surface area contributed by atoms with E-state index >= 15 is 0 Å². The van der Waals surface area contributed by atoms with Crippen molar-refractivity contribution in [3.8, 4) is 0 Å². The SMILES string of the molecule is CC(C)OCCN(C)Cc1ccc(Cl)cc1N. The predicted octanol–water partition coefficient (Wildman–Crippen LogP) is 2.78. The summed E-state index contributed by atoms with van der Waals surface area (Å²) < 4.78 is 5.51. The maximum atomic E-state index is 5.90. The fraction of sp³-hybridized carbons (Fsp3) is 0.538. The number of anilines is 1. The number of hydrogen-bond donors (Lipinski definition) is 1. The van der Waals surface area contributed by atoms with Gasteiger partial charge in [-0.1, -0.05) is 17.7 Å². The second-order valence-corrected chi connectivity index (χ2v) is 4.94. The fourth-order valence-corrected chi connectivity index (χ4v) is 1.70. The van der Waals surface area contributed by atoms with Crippen LogP contribution in [0.15, 0.2) is 18.2 Å². The Balaban J connectivity index is 2.42. The molecule has 1 aromatic carbocycles. The Bertz CT molecular complexity index is 355. The van der Waals surface area contributed by atoms with Crippen LogP contribution in [0, 0.1) is 0 Å². The molecular formula is C13H21ClN2O. The number of nitrogens with two attached hydrogens (primary N) is 1. The molecule has 0 aliphatic rings. The van der Waals surface area contributed by atoms with Crippen LogP contribution >= 0.6 is 11.6 Å². The van der Waals surface area contributed by atoms with Crippen molar-refractivity contribution in [2.75, 3.05) is 25.9 Å². The topological polar surface area (TPSA) is 38.5 Å². The van der Waals surface area contributed by atoms with E-state index in [-0.39, 0.29) is 6.10 Å². The molecule has 0 radical (unpaired) electrons. The average Bonchev–Trinajstić information content (AvgIpc) is 2.21. The number of halogens is 1. The van der Waals surface area contributed by atoms with E-state index in [4.69, 9.17) is 22.1 Å². The molecule has 1 aromatic rings. The zero-order valence-electron chi connectivity index (χ0n) is 10.7. The van der Waals surface area contributed by atoms with Gasteiger partial charge in [0, 0.05) is 23.8 Å². The maximum absolute atomic E-state index is 5.90. The lowest BCUT2D eigenvalue weighted by Crippen LogP contribution is -2.24. The van der Waals surface area contributed by atoms with Crippen LogP contribution < -0.4 is 5.73 Å². The van der Waals surface area contributed by atoms with Crippen molar-refractivity contribution in [2.45, 2.75) is 26.5 Å². The second kappa shape index (κ2) is 6.84. The van der Waals surface area contributed by atoms with Crippen molar-refractivity contribution in [1.82, 2.24) is 4.90 Å². The van der Waals surface area contributed by atoms with E-state index in [0.717, 1.165) is 30.9 Å². The van der Waals surface area contributed by atoms with Crippen molar-refractivity contribution in [1.29, 1.82) is 0 Å². The smallest absolute Gasteiger partial charge is 0.0596 e. The van der Waals surface area contributed by atoms with Crippen LogP contribution in [-0.4, -0.2) is 31.2 Å². The molecule has 0 aromatic heterocycles. The summed E-state index contributed by atoms with van der Waals surface area (Å²) >= 11 is 5.86. The summed E-state index contributed by atoms with van der Waals surface area (Å²) in [6, 6.07) is 5.62. The summed E-state index contributed by atoms with van der Waals surface area (Å²) in [5.74, 6) is 0. The van der Waals surface area contributed by atoms with Crippen LogP contribution in [-0.2, 0) is 11.3 Å². The van der Waals surface area contributed by atoms with E-state index in [1.165, 1.54) is 0 Å². The first-order valence-corrected chi connectivity index (χ1v) is 6.21. The molecular weight excluding hydrogens is 236 g/mol. The van der Waals surface area contributed by atoms with Crippen LogP contribution in [0.25, 0.3) is 0 Å². The van der Waals surface area contributed by atoms with E-state index in [0.29, 0.717) is 5.02 Å². The van der Waals surface area contributed by atoms with Gasteiger partial charge in [0.25, 0.3) is 0 Å². The second-order valence-electron chi connectivity index (χ2n) is 4.50. The van der Waals surface area contributed by atoms with E-state index in [9.17, 15) is 0 Å². The molecule has 0 amide bonds. The average molecular weight is 257 g/mol. The molecule has 1 rings (SSSR count). The summed E-state index contributed by atoms with van der Waals surface area (Å²) in [6.07, 6.45) is 0.281. The Morgan fingerprint density at radius 1 is 1.41 bits per heavy atom. The van der Waals surface area contributed by atoms with Crippen LogP contribution in [0.4, 0.5) is 5.69 Å². The largest absolute Gasteiger partial charge is 0.398 e. The van der Waals surface area contributed by atoms with Gasteiger partial charge in [-0.05, 0) is 38.6 Å². The number of nitrogen functional groups attached to an aromatic ring is 1. The Kier molecular flexibility index (Phi) is 5.75. The lowest BCUT2D eigenvalue weighted by molar-refractivity contribution is 0.0627. The molecule has 0 aliphatic carbocycles. The van der Waals surface area contributed by atoms with Gasteiger partial charge in [-0.25, -0.2) is 0 Å². The molecule has 4 heteroatoms. The van der Waals surface area contributed by atoms with E-state index in [1.54, 1.807) is 6.07 Å². The molecule has 0 saturated heterocycles. The van der Waals surface area contributed by atoms with Crippen molar-refractivity contribution >= 4 is 17.3 Å². The molecule has 0 heterocycles. The van der Waals surface area contributed by atoms with Crippen molar-refractivity contribution in [3.63, 3.8) is 0 Å².